The van der Waals surface area contributed by atoms with Crippen LogP contribution in [0.5, 0.6) is 0 Å². The number of piperazine rings is 3. The Kier molecular flexibility index (Phi) is 19.0. The van der Waals surface area contributed by atoms with Crippen LogP contribution in [0, 0.1) is 24.7 Å². The largest absolute Gasteiger partial charge is 0.384 e. The number of aromatic nitrogens is 9. The summed E-state index contributed by atoms with van der Waals surface area (Å²) in [5.74, 6) is 0.114. The smallest absolute Gasteiger partial charge is 0.122 e. The maximum absolute atomic E-state index is 7.48. The topological polar surface area (TPSA) is 215 Å². The van der Waals surface area contributed by atoms with Gasteiger partial charge in [-0.05, 0) is 80.1 Å². The predicted molar refractivity (Wildman–Crippen MR) is 259 cm³/mol. The van der Waals surface area contributed by atoms with Gasteiger partial charge in [0.25, 0.3) is 0 Å². The Balaban J connectivity index is 0.000000152. The highest BCUT2D eigenvalue weighted by molar-refractivity contribution is 5.99. The van der Waals surface area contributed by atoms with Gasteiger partial charge < -0.3 is 35.6 Å². The number of hydrogen-bond acceptors (Lipinski definition) is 8. The van der Waals surface area contributed by atoms with Gasteiger partial charge in [-0.1, -0.05) is 42.5 Å². The van der Waals surface area contributed by atoms with Crippen LogP contribution < -0.4 is 11.5 Å². The minimum absolute atomic E-state index is 0.0545. The molecule has 3 fully saturated rings. The number of nitrogens with two attached hydrogens (primary N) is 2. The van der Waals surface area contributed by atoms with Crippen molar-refractivity contribution in [2.24, 2.45) is 18.5 Å². The molecule has 3 aliphatic rings. The van der Waals surface area contributed by atoms with Crippen molar-refractivity contribution in [2.75, 3.05) is 39.3 Å². The summed E-state index contributed by atoms with van der Waals surface area (Å²) < 4.78 is 3.93. The zero-order chi connectivity index (χ0) is 45.4. The second-order valence-electron chi connectivity index (χ2n) is 14.7. The molecule has 64 heavy (non-hydrogen) atoms. The van der Waals surface area contributed by atoms with Crippen molar-refractivity contribution in [1.82, 2.24) is 53.8 Å². The van der Waals surface area contributed by atoms with Crippen LogP contribution in [-0.2, 0) is 7.05 Å². The number of hydrogen-bond donors (Lipinski definition) is 7. The number of pyridine rings is 2. The summed E-state index contributed by atoms with van der Waals surface area (Å²) in [6, 6.07) is 33.0. The second kappa shape index (κ2) is 25.8. The molecule has 12 rings (SSSR count). The molecule has 0 aliphatic carbocycles. The number of imidazole rings is 2. The van der Waals surface area contributed by atoms with E-state index < -0.39 is 0 Å². The lowest BCUT2D eigenvalue weighted by Crippen LogP contribution is -2.55. The number of fused-ring (bicyclic) bond motifs is 4. The van der Waals surface area contributed by atoms with Crippen LogP contribution in [0.25, 0.3) is 27.8 Å². The van der Waals surface area contributed by atoms with E-state index in [0.29, 0.717) is 11.1 Å². The molecule has 0 unspecified atom stereocenters. The highest BCUT2D eigenvalue weighted by Crippen LogP contribution is 2.25. The molecule has 0 radical (unpaired) electrons. The number of nitrogens with zero attached hydrogens (tertiary/aromatic N) is 8. The van der Waals surface area contributed by atoms with E-state index in [1.54, 1.807) is 43.6 Å². The van der Waals surface area contributed by atoms with E-state index in [2.05, 4.69) is 44.7 Å². The summed E-state index contributed by atoms with van der Waals surface area (Å²) >= 11 is 0. The number of nitrogens with one attached hydrogen (secondary N) is 5. The first-order valence-corrected chi connectivity index (χ1v) is 20.9. The predicted octanol–water partition coefficient (Wildman–Crippen LogP) is 7.44. The van der Waals surface area contributed by atoms with Gasteiger partial charge in [0, 0.05) is 153 Å². The van der Waals surface area contributed by atoms with E-state index in [4.69, 9.17) is 22.3 Å². The molecule has 3 saturated heterocycles. The first kappa shape index (κ1) is 47.2. The zero-order valence-electron chi connectivity index (χ0n) is 36.7. The van der Waals surface area contributed by atoms with Gasteiger partial charge in [0.05, 0.1) is 12.7 Å². The van der Waals surface area contributed by atoms with Gasteiger partial charge in [-0.15, -0.1) is 0 Å². The Labute approximate surface area is 374 Å². The lowest BCUT2D eigenvalue weighted by Gasteiger charge is -2.41. The van der Waals surface area contributed by atoms with Crippen LogP contribution in [0.1, 0.15) is 22.5 Å². The first-order valence-electron chi connectivity index (χ1n) is 20.9. The van der Waals surface area contributed by atoms with E-state index in [9.17, 15) is 0 Å². The molecule has 2 bridgehead atoms. The van der Waals surface area contributed by atoms with E-state index >= 15 is 0 Å². The number of rotatable bonds is 4. The van der Waals surface area contributed by atoms with Gasteiger partial charge in [0.2, 0.25) is 0 Å². The number of benzene rings is 2. The number of nitrogen functional groups attached to an aromatic ring is 2. The Hall–Kier alpha value is -7.88. The Morgan fingerprint density at radius 2 is 1.20 bits per heavy atom. The van der Waals surface area contributed by atoms with Gasteiger partial charge in [-0.3, -0.25) is 30.6 Å². The fraction of sp³-hybridized carbons (Fsp3) is 0.184. The van der Waals surface area contributed by atoms with Crippen LogP contribution in [0.2, 0.25) is 0 Å². The second-order valence-corrected chi connectivity index (χ2v) is 14.7. The third kappa shape index (κ3) is 16.5. The van der Waals surface area contributed by atoms with Crippen molar-refractivity contribution in [3.05, 3.63) is 200 Å². The van der Waals surface area contributed by atoms with Crippen molar-refractivity contribution in [1.29, 1.82) is 10.8 Å². The lowest BCUT2D eigenvalue weighted by molar-refractivity contribution is 0.0647. The molecule has 7 aromatic heterocycles. The minimum atomic E-state index is 0.0545. The summed E-state index contributed by atoms with van der Waals surface area (Å²) in [5, 5.41) is 15.9. The van der Waals surface area contributed by atoms with E-state index in [1.165, 1.54) is 39.3 Å². The Morgan fingerprint density at radius 1 is 0.594 bits per heavy atom. The quantitative estimate of drug-likeness (QED) is 0.0696. The van der Waals surface area contributed by atoms with Gasteiger partial charge >= 0.3 is 0 Å². The molecule has 330 valence electrons. The molecule has 0 saturated carbocycles. The maximum atomic E-state index is 7.48. The molecule has 0 spiro atoms. The molecular formula is C49H59N15. The lowest BCUT2D eigenvalue weighted by atomic mass is 10.1. The van der Waals surface area contributed by atoms with Gasteiger partial charge in [0.1, 0.15) is 11.7 Å². The summed E-state index contributed by atoms with van der Waals surface area (Å²) in [6.45, 7) is 11.9. The van der Waals surface area contributed by atoms with E-state index in [1.807, 2.05) is 164 Å². The van der Waals surface area contributed by atoms with Crippen LogP contribution in [0.4, 0.5) is 0 Å². The molecule has 9 aromatic rings. The highest BCUT2D eigenvalue weighted by atomic mass is 15.3. The molecule has 15 nitrogen and oxygen atoms in total. The van der Waals surface area contributed by atoms with Gasteiger partial charge in [-0.25, -0.2) is 9.97 Å². The average Bonchev–Trinajstić information content (AvgIpc) is 4.20. The van der Waals surface area contributed by atoms with Crippen molar-refractivity contribution >= 4 is 22.6 Å². The fourth-order valence-electron chi connectivity index (χ4n) is 6.32. The molecule has 10 heterocycles. The monoisotopic (exact) mass is 858 g/mol. The Bertz CT molecular complexity index is 2490. The van der Waals surface area contributed by atoms with E-state index in [0.717, 1.165) is 39.2 Å². The molecule has 15 heteroatoms. The zero-order valence-corrected chi connectivity index (χ0v) is 36.7. The third-order valence-corrected chi connectivity index (χ3v) is 9.77. The van der Waals surface area contributed by atoms with Gasteiger partial charge in [0.15, 0.2) is 0 Å². The average molecular weight is 858 g/mol. The van der Waals surface area contributed by atoms with E-state index in [-0.39, 0.29) is 11.7 Å². The number of aromatic amines is 3. The van der Waals surface area contributed by atoms with Crippen molar-refractivity contribution < 1.29 is 0 Å². The maximum Gasteiger partial charge on any atom is 0.122 e. The molecule has 9 N–H and O–H groups in total. The van der Waals surface area contributed by atoms with Crippen LogP contribution in [-0.4, -0.2) is 105 Å². The number of aryl methyl sites for hydroxylation is 3. The first-order chi connectivity index (χ1) is 31.1. The summed E-state index contributed by atoms with van der Waals surface area (Å²) in [5.41, 5.74) is 18.6. The third-order valence-electron chi connectivity index (χ3n) is 9.77. The standard InChI is InChI=1S/C16H15N5.C9H8N2.C7H9N.C6H12N2.C4H6N2.C4H5N.C3H4N2/c17-15(18)10-3-1-9(2-4-10)13-7-11-5-6-12(16(19)20)8-14(11)21-13;1-2-8-11(7-1)9-3-5-10-6-4-9;1-6-4-3-5-7(2)8-6;1-2-8-5-3-7(1)4-6-8;1-6-3-2-5-4-6;1-2-4-5-3-1;1-2-5-3-4-1/h1-8,21H,(H3,17,18)(H3,19,20);1-8H;3-5H,1-2H3;1-6H2;2-4H,1H3;1-5H;1-3H,(H,4,5). The SMILES string of the molecule is C1CN2CCN1CC2.Cc1cccc(C)n1.Cn1ccnc1.N=C(N)c1ccc(-c2cc3ccc(C(=N)N)cc3[nH]2)cc1.c1c[nH]cn1.c1cc[nH]c1.c1ccn(-c2ccncc2)c1. The normalized spacial score (nSPS) is 14.0. The van der Waals surface area contributed by atoms with Crippen molar-refractivity contribution in [3.8, 4) is 16.9 Å². The number of H-pyrrole nitrogens is 3. The number of amidine groups is 2. The molecule has 0 atom stereocenters. The van der Waals surface area contributed by atoms with Crippen molar-refractivity contribution in [2.45, 2.75) is 13.8 Å². The summed E-state index contributed by atoms with van der Waals surface area (Å²) in [4.78, 5) is 29.6. The minimum Gasteiger partial charge on any atom is -0.384 e. The summed E-state index contributed by atoms with van der Waals surface area (Å²) in [6.07, 6.45) is 21.8. The molecule has 0 amide bonds. The Morgan fingerprint density at radius 3 is 1.61 bits per heavy atom. The molecule has 3 aliphatic heterocycles. The van der Waals surface area contributed by atoms with Crippen molar-refractivity contribution in [3.63, 3.8) is 0 Å². The van der Waals surface area contributed by atoms with Crippen LogP contribution in [0.3, 0.4) is 0 Å². The molecular weight excluding hydrogens is 799 g/mol. The molecule has 2 aromatic carbocycles. The van der Waals surface area contributed by atoms with Crippen LogP contribution >= 0.6 is 0 Å². The fourth-order valence-corrected chi connectivity index (χ4v) is 6.32. The summed E-state index contributed by atoms with van der Waals surface area (Å²) in [7, 11) is 1.94. The highest BCUT2D eigenvalue weighted by Gasteiger charge is 2.21. The van der Waals surface area contributed by atoms with Crippen LogP contribution in [0.15, 0.2) is 178 Å². The van der Waals surface area contributed by atoms with Gasteiger partial charge in [-0.2, -0.15) is 0 Å².